The molecule has 0 bridgehead atoms. The summed E-state index contributed by atoms with van der Waals surface area (Å²) in [7, 11) is 0. The summed E-state index contributed by atoms with van der Waals surface area (Å²) < 4.78 is 0. The lowest BCUT2D eigenvalue weighted by molar-refractivity contribution is -0.142. The summed E-state index contributed by atoms with van der Waals surface area (Å²) in [5.41, 5.74) is 3.80. The largest absolute Gasteiger partial charge is 0.508 e. The second kappa shape index (κ2) is 12.4. The zero-order valence-corrected chi connectivity index (χ0v) is 26.5. The van der Waals surface area contributed by atoms with Gasteiger partial charge in [0.15, 0.2) is 0 Å². The van der Waals surface area contributed by atoms with Crippen molar-refractivity contribution in [1.82, 2.24) is 9.80 Å². The van der Waals surface area contributed by atoms with Gasteiger partial charge in [-0.1, -0.05) is 60.2 Å². The SMILES string of the molecule is C=CCc1cccc(C2C3=CCC4C(=O)N(CCc5ccc(O)cc5)C(=O)C4C3CC3C(=O)N(CCc4ccc(O)cc4)C(=O)C32)c1O. The number of likely N-dealkylation sites (tertiary alicyclic amines) is 2. The predicted molar refractivity (Wildman–Crippen MR) is 177 cm³/mol. The Morgan fingerprint density at radius 3 is 1.83 bits per heavy atom. The number of imide groups is 2. The van der Waals surface area contributed by atoms with E-state index in [1.807, 2.05) is 12.1 Å². The van der Waals surface area contributed by atoms with Crippen LogP contribution in [0.5, 0.6) is 17.2 Å². The minimum absolute atomic E-state index is 0.0527. The number of fused-ring (bicyclic) bond motifs is 4. The Kier molecular flexibility index (Phi) is 8.15. The molecule has 1 saturated carbocycles. The third kappa shape index (κ3) is 5.27. The highest BCUT2D eigenvalue weighted by Gasteiger charge is 2.62. The zero-order valence-electron chi connectivity index (χ0n) is 26.5. The van der Waals surface area contributed by atoms with Gasteiger partial charge in [0.1, 0.15) is 17.2 Å². The first-order valence-electron chi connectivity index (χ1n) is 16.6. The van der Waals surface area contributed by atoms with Crippen molar-refractivity contribution in [2.24, 2.45) is 29.6 Å². The topological polar surface area (TPSA) is 135 Å². The van der Waals surface area contributed by atoms with Crippen molar-refractivity contribution in [2.75, 3.05) is 13.1 Å². The molecule has 9 nitrogen and oxygen atoms in total. The summed E-state index contributed by atoms with van der Waals surface area (Å²) in [6.07, 6.45) is 5.57. The number of carbonyl (C=O) groups excluding carboxylic acids is 4. The third-order valence-corrected chi connectivity index (χ3v) is 10.8. The van der Waals surface area contributed by atoms with Crippen LogP contribution < -0.4 is 0 Å². The van der Waals surface area contributed by atoms with Crippen LogP contribution in [-0.4, -0.2) is 61.8 Å². The number of nitrogens with zero attached hydrogens (tertiary/aromatic N) is 2. The second-order valence-electron chi connectivity index (χ2n) is 13.4. The number of hydrogen-bond donors (Lipinski definition) is 3. The molecule has 0 radical (unpaired) electrons. The van der Waals surface area contributed by atoms with Gasteiger partial charge < -0.3 is 15.3 Å². The van der Waals surface area contributed by atoms with E-state index in [1.54, 1.807) is 66.7 Å². The molecule has 3 N–H and O–H groups in total. The van der Waals surface area contributed by atoms with E-state index in [0.717, 1.165) is 16.7 Å². The summed E-state index contributed by atoms with van der Waals surface area (Å²) in [4.78, 5) is 58.8. The number of aromatic hydroxyl groups is 3. The average Bonchev–Trinajstić information content (AvgIpc) is 3.47. The molecule has 3 fully saturated rings. The van der Waals surface area contributed by atoms with Crippen LogP contribution >= 0.6 is 0 Å². The molecule has 2 aliphatic heterocycles. The van der Waals surface area contributed by atoms with E-state index in [-0.39, 0.29) is 60.4 Å². The maximum absolute atomic E-state index is 14.2. The summed E-state index contributed by atoms with van der Waals surface area (Å²) in [5, 5.41) is 30.9. The Hall–Kier alpha value is -5.18. The Labute approximate surface area is 278 Å². The maximum atomic E-state index is 14.2. The Balaban J connectivity index is 1.22. The minimum atomic E-state index is -0.751. The molecule has 48 heavy (non-hydrogen) atoms. The van der Waals surface area contributed by atoms with Gasteiger partial charge in [-0.2, -0.15) is 0 Å². The number of rotatable bonds is 9. The number of amides is 4. The van der Waals surface area contributed by atoms with Crippen LogP contribution in [0.25, 0.3) is 0 Å². The van der Waals surface area contributed by atoms with Crippen molar-refractivity contribution in [3.05, 3.63) is 113 Å². The molecular weight excluding hydrogens is 608 g/mol. The van der Waals surface area contributed by atoms with E-state index in [1.165, 1.54) is 9.80 Å². The van der Waals surface area contributed by atoms with E-state index in [2.05, 4.69) is 6.58 Å². The lowest BCUT2D eigenvalue weighted by Gasteiger charge is -2.44. The minimum Gasteiger partial charge on any atom is -0.508 e. The predicted octanol–water partition coefficient (Wildman–Crippen LogP) is 4.65. The van der Waals surface area contributed by atoms with Crippen molar-refractivity contribution in [3.63, 3.8) is 0 Å². The van der Waals surface area contributed by atoms with Crippen LogP contribution in [0.1, 0.15) is 41.0 Å². The maximum Gasteiger partial charge on any atom is 0.234 e. The van der Waals surface area contributed by atoms with Crippen LogP contribution in [0, 0.1) is 29.6 Å². The van der Waals surface area contributed by atoms with E-state index in [9.17, 15) is 34.5 Å². The van der Waals surface area contributed by atoms with Crippen LogP contribution in [0.4, 0.5) is 0 Å². The highest BCUT2D eigenvalue weighted by Crippen LogP contribution is 2.59. The van der Waals surface area contributed by atoms with Crippen molar-refractivity contribution < 1.29 is 34.5 Å². The first kappa shape index (κ1) is 31.4. The van der Waals surface area contributed by atoms with Crippen molar-refractivity contribution in [3.8, 4) is 17.2 Å². The van der Waals surface area contributed by atoms with Gasteiger partial charge in [-0.15, -0.1) is 6.58 Å². The van der Waals surface area contributed by atoms with Crippen LogP contribution in [0.2, 0.25) is 0 Å². The normalized spacial score (nSPS) is 26.3. The summed E-state index contributed by atoms with van der Waals surface area (Å²) >= 11 is 0. The van der Waals surface area contributed by atoms with Gasteiger partial charge in [-0.3, -0.25) is 29.0 Å². The Bertz CT molecular complexity index is 1830. The molecule has 0 spiro atoms. The number of allylic oxidation sites excluding steroid dienone is 3. The highest BCUT2D eigenvalue weighted by molar-refractivity contribution is 6.08. The van der Waals surface area contributed by atoms with E-state index < -0.39 is 35.5 Å². The first-order valence-corrected chi connectivity index (χ1v) is 16.6. The standard InChI is InChI=1S/C39H38N2O7/c1-2-4-24-5-3-6-28(35(24)44)32-27-15-16-29-33(38(47)40(36(29)45)19-17-22-7-11-25(42)12-8-22)30(27)21-31-34(32)39(48)41(37(31)46)20-18-23-9-13-26(43)14-10-23/h2-3,5-15,29-34,42-44H,1,4,16-21H2. The molecule has 6 atom stereocenters. The second-order valence-corrected chi connectivity index (χ2v) is 13.4. The van der Waals surface area contributed by atoms with Gasteiger partial charge in [0.25, 0.3) is 0 Å². The fraction of sp³-hybridized carbons (Fsp3) is 0.333. The van der Waals surface area contributed by atoms with Gasteiger partial charge >= 0.3 is 0 Å². The number of hydrogen-bond acceptors (Lipinski definition) is 7. The number of para-hydroxylation sites is 1. The van der Waals surface area contributed by atoms with Crippen molar-refractivity contribution >= 4 is 23.6 Å². The molecule has 4 aliphatic rings. The highest BCUT2D eigenvalue weighted by atomic mass is 16.3. The fourth-order valence-electron chi connectivity index (χ4n) is 8.50. The van der Waals surface area contributed by atoms with E-state index in [0.29, 0.717) is 36.8 Å². The molecule has 246 valence electrons. The fourth-order valence-corrected chi connectivity index (χ4v) is 8.50. The summed E-state index contributed by atoms with van der Waals surface area (Å²) in [5.74, 6) is -4.50. The number of phenols is 3. The average molecular weight is 647 g/mol. The van der Waals surface area contributed by atoms with E-state index in [4.69, 9.17) is 0 Å². The first-order chi connectivity index (χ1) is 23.2. The number of benzene rings is 3. The van der Waals surface area contributed by atoms with Crippen molar-refractivity contribution in [2.45, 2.75) is 38.0 Å². The summed E-state index contributed by atoms with van der Waals surface area (Å²) in [6, 6.07) is 18.8. The van der Waals surface area contributed by atoms with Gasteiger partial charge in [-0.05, 0) is 79.0 Å². The number of carbonyl (C=O) groups is 4. The van der Waals surface area contributed by atoms with Crippen molar-refractivity contribution in [1.29, 1.82) is 0 Å². The van der Waals surface area contributed by atoms with Gasteiger partial charge in [0, 0.05) is 24.6 Å². The number of phenolic OH excluding ortho intramolecular Hbond substituents is 3. The van der Waals surface area contributed by atoms with Gasteiger partial charge in [0.2, 0.25) is 23.6 Å². The van der Waals surface area contributed by atoms with E-state index >= 15 is 0 Å². The zero-order chi connectivity index (χ0) is 33.7. The third-order valence-electron chi connectivity index (χ3n) is 10.8. The molecule has 2 saturated heterocycles. The summed E-state index contributed by atoms with van der Waals surface area (Å²) in [6.45, 7) is 4.19. The molecule has 3 aromatic carbocycles. The lowest BCUT2D eigenvalue weighted by atomic mass is 9.57. The van der Waals surface area contributed by atoms with Gasteiger partial charge in [-0.25, -0.2) is 0 Å². The molecule has 2 aliphatic carbocycles. The molecule has 3 aromatic rings. The molecule has 0 aromatic heterocycles. The molecular formula is C39H38N2O7. The van der Waals surface area contributed by atoms with Crippen LogP contribution in [0.15, 0.2) is 91.0 Å². The smallest absolute Gasteiger partial charge is 0.234 e. The molecule has 7 rings (SSSR count). The molecule has 2 heterocycles. The Morgan fingerprint density at radius 2 is 1.25 bits per heavy atom. The quantitative estimate of drug-likeness (QED) is 0.228. The van der Waals surface area contributed by atoms with Crippen LogP contribution in [0.3, 0.4) is 0 Å². The molecule has 9 heteroatoms. The molecule has 6 unspecified atom stereocenters. The van der Waals surface area contributed by atoms with Gasteiger partial charge in [0.05, 0.1) is 23.7 Å². The van der Waals surface area contributed by atoms with Crippen LogP contribution in [-0.2, 0) is 38.4 Å². The monoisotopic (exact) mass is 646 g/mol. The molecule has 4 amide bonds. The lowest BCUT2D eigenvalue weighted by Crippen LogP contribution is -2.43. The Morgan fingerprint density at radius 1 is 0.688 bits per heavy atom.